The van der Waals surface area contributed by atoms with Crippen LogP contribution in [0.4, 0.5) is 0 Å². The first-order valence-electron chi connectivity index (χ1n) is 19.4. The highest BCUT2D eigenvalue weighted by Crippen LogP contribution is 2.17. The van der Waals surface area contributed by atoms with Gasteiger partial charge in [0, 0.05) is 19.3 Å². The van der Waals surface area contributed by atoms with Crippen LogP contribution in [0.2, 0.25) is 0 Å². The fourth-order valence-corrected chi connectivity index (χ4v) is 5.94. The molecule has 17 nitrogen and oxygen atoms in total. The zero-order valence-corrected chi connectivity index (χ0v) is 34.4. The van der Waals surface area contributed by atoms with Crippen LogP contribution < -0.4 is 26.6 Å². The lowest BCUT2D eigenvalue weighted by Crippen LogP contribution is -2.59. The third-order valence-corrected chi connectivity index (χ3v) is 8.88. The van der Waals surface area contributed by atoms with Crippen LogP contribution in [0.3, 0.4) is 0 Å². The second-order valence-corrected chi connectivity index (χ2v) is 16.5. The molecule has 7 amide bonds. The molecule has 314 valence electrons. The molecule has 1 rings (SSSR count). The number of carbonyl (C=O) groups is 8. The number of hydrogen-bond acceptors (Lipinski definition) is 11. The molecule has 0 aliphatic carbocycles. The highest BCUT2D eigenvalue weighted by atomic mass is 16.7. The van der Waals surface area contributed by atoms with Crippen LogP contribution in [0.15, 0.2) is 0 Å². The lowest BCUT2D eigenvalue weighted by atomic mass is 9.95. The number of amides is 7. The van der Waals surface area contributed by atoms with Crippen molar-refractivity contribution < 1.29 is 53.4 Å². The van der Waals surface area contributed by atoms with Crippen molar-refractivity contribution >= 4 is 47.3 Å². The molecule has 0 saturated carbocycles. The van der Waals surface area contributed by atoms with E-state index in [4.69, 9.17) is 4.84 Å². The Hall–Kier alpha value is -4.12. The number of imide groups is 1. The number of hydroxylamine groups is 2. The predicted molar refractivity (Wildman–Crippen MR) is 202 cm³/mol. The molecule has 1 saturated heterocycles. The normalized spacial score (nSPS) is 17.1. The predicted octanol–water partition coefficient (Wildman–Crippen LogP) is 0.990. The van der Waals surface area contributed by atoms with Gasteiger partial charge in [-0.05, 0) is 49.4 Å². The maximum absolute atomic E-state index is 13.6. The van der Waals surface area contributed by atoms with Gasteiger partial charge in [-0.15, -0.1) is 5.06 Å². The minimum Gasteiger partial charge on any atom is -0.390 e. The van der Waals surface area contributed by atoms with Crippen molar-refractivity contribution in [3.63, 3.8) is 0 Å². The molecule has 17 heteroatoms. The van der Waals surface area contributed by atoms with E-state index < -0.39 is 96.7 Å². The Bertz CT molecular complexity index is 1340. The number of aliphatic hydroxyl groups excluding tert-OH is 2. The molecule has 0 aromatic rings. The Morgan fingerprint density at radius 1 is 0.564 bits per heavy atom. The van der Waals surface area contributed by atoms with E-state index in [2.05, 4.69) is 26.6 Å². The summed E-state index contributed by atoms with van der Waals surface area (Å²) in [4.78, 5) is 106. The van der Waals surface area contributed by atoms with Crippen LogP contribution >= 0.6 is 0 Å². The standard InChI is InChI=1S/C38H66N6O11/c1-19(2)14-25(41-37(53)35(23(9)10)43-38(54)34(22(7)8)42-29(47)16-21(5)6)27(45)17-30(48)39-24(11)36(52)40-26(15-20(3)4)28(46)18-33(51)55-44-31(49)12-13-32(44)50/h19-28,34-35,45-46H,12-18H2,1-11H3,(H,39,48)(H,40,52)(H,41,53)(H,42,47)(H,43,54)/t24-,25-,26-,27-,28-,34-,35-/m0/s1. The van der Waals surface area contributed by atoms with E-state index in [0.717, 1.165) is 0 Å². The maximum Gasteiger partial charge on any atom is 0.335 e. The number of carbonyl (C=O) groups excluding carboxylic acids is 8. The van der Waals surface area contributed by atoms with Crippen LogP contribution in [0.5, 0.6) is 0 Å². The van der Waals surface area contributed by atoms with Crippen molar-refractivity contribution in [2.45, 2.75) is 164 Å². The van der Waals surface area contributed by atoms with Gasteiger partial charge in [0.15, 0.2) is 0 Å². The van der Waals surface area contributed by atoms with E-state index in [1.165, 1.54) is 6.92 Å². The molecule has 1 heterocycles. The summed E-state index contributed by atoms with van der Waals surface area (Å²) in [5, 5.41) is 35.8. The molecule has 0 spiro atoms. The molecule has 0 aromatic carbocycles. The monoisotopic (exact) mass is 782 g/mol. The molecule has 1 fully saturated rings. The second kappa shape index (κ2) is 23.1. The molecule has 7 atom stereocenters. The number of aliphatic hydroxyl groups is 2. The first-order chi connectivity index (χ1) is 25.4. The SMILES string of the molecule is CC(C)CC(=O)N[C@H](C(=O)N[C@H](C(=O)N[C@@H](CC(C)C)[C@@H](O)CC(=O)N[C@@H](C)C(=O)N[C@@H](CC(C)C)[C@@H](O)CC(=O)ON1C(=O)CCC1=O)C(C)C)C(C)C. The van der Waals surface area contributed by atoms with E-state index in [9.17, 15) is 48.6 Å². The van der Waals surface area contributed by atoms with E-state index in [0.29, 0.717) is 5.06 Å². The summed E-state index contributed by atoms with van der Waals surface area (Å²) in [5.41, 5.74) is 0. The van der Waals surface area contributed by atoms with Crippen molar-refractivity contribution in [1.29, 1.82) is 0 Å². The summed E-state index contributed by atoms with van der Waals surface area (Å²) in [7, 11) is 0. The Morgan fingerprint density at radius 3 is 1.44 bits per heavy atom. The molecular formula is C38H66N6O11. The summed E-state index contributed by atoms with van der Waals surface area (Å²) in [6.07, 6.45) is -3.35. The Balaban J connectivity index is 2.93. The van der Waals surface area contributed by atoms with E-state index in [-0.39, 0.29) is 67.6 Å². The van der Waals surface area contributed by atoms with Crippen LogP contribution in [0, 0.1) is 29.6 Å². The molecule has 0 radical (unpaired) electrons. The molecular weight excluding hydrogens is 716 g/mol. The van der Waals surface area contributed by atoms with Crippen molar-refractivity contribution in [2.75, 3.05) is 0 Å². The number of rotatable bonds is 23. The number of nitrogens with zero attached hydrogens (tertiary/aromatic N) is 1. The lowest BCUT2D eigenvalue weighted by Gasteiger charge is -2.31. The van der Waals surface area contributed by atoms with Gasteiger partial charge in [0.1, 0.15) is 18.1 Å². The van der Waals surface area contributed by atoms with Crippen molar-refractivity contribution in [3.8, 4) is 0 Å². The number of hydrogen-bond donors (Lipinski definition) is 7. The summed E-state index contributed by atoms with van der Waals surface area (Å²) in [6.45, 7) is 19.7. The fourth-order valence-electron chi connectivity index (χ4n) is 5.94. The third kappa shape index (κ3) is 17.5. The minimum absolute atomic E-state index is 0.0146. The average molecular weight is 783 g/mol. The highest BCUT2D eigenvalue weighted by Gasteiger charge is 2.36. The van der Waals surface area contributed by atoms with E-state index >= 15 is 0 Å². The van der Waals surface area contributed by atoms with E-state index in [1.807, 2.05) is 41.5 Å². The van der Waals surface area contributed by atoms with Gasteiger partial charge in [-0.2, -0.15) is 0 Å². The van der Waals surface area contributed by atoms with Gasteiger partial charge < -0.3 is 41.6 Å². The van der Waals surface area contributed by atoms with Gasteiger partial charge >= 0.3 is 5.97 Å². The van der Waals surface area contributed by atoms with Crippen LogP contribution in [0.25, 0.3) is 0 Å². The zero-order chi connectivity index (χ0) is 42.3. The number of nitrogens with one attached hydrogen (secondary N) is 5. The molecule has 0 bridgehead atoms. The topological polar surface area (TPSA) is 250 Å². The molecule has 7 N–H and O–H groups in total. The van der Waals surface area contributed by atoms with Gasteiger partial charge in [-0.1, -0.05) is 69.2 Å². The summed E-state index contributed by atoms with van der Waals surface area (Å²) >= 11 is 0. The second-order valence-electron chi connectivity index (χ2n) is 16.5. The Kier molecular flexibility index (Phi) is 20.5. The van der Waals surface area contributed by atoms with Crippen molar-refractivity contribution in [2.24, 2.45) is 29.6 Å². The summed E-state index contributed by atoms with van der Waals surface area (Å²) < 4.78 is 0. The third-order valence-electron chi connectivity index (χ3n) is 8.88. The van der Waals surface area contributed by atoms with Gasteiger partial charge in [0.25, 0.3) is 11.8 Å². The largest absolute Gasteiger partial charge is 0.390 e. The molecule has 1 aliphatic rings. The van der Waals surface area contributed by atoms with E-state index in [1.54, 1.807) is 27.7 Å². The maximum atomic E-state index is 13.6. The van der Waals surface area contributed by atoms with Gasteiger partial charge in [-0.25, -0.2) is 4.79 Å². The molecule has 55 heavy (non-hydrogen) atoms. The van der Waals surface area contributed by atoms with Crippen molar-refractivity contribution in [3.05, 3.63) is 0 Å². The van der Waals surface area contributed by atoms with Crippen LogP contribution in [-0.4, -0.2) is 105 Å². The molecule has 0 unspecified atom stereocenters. The highest BCUT2D eigenvalue weighted by molar-refractivity contribution is 6.01. The minimum atomic E-state index is -1.45. The molecule has 1 aliphatic heterocycles. The summed E-state index contributed by atoms with van der Waals surface area (Å²) in [6, 6.07) is -4.89. The molecule has 0 aromatic heterocycles. The Morgan fingerprint density at radius 2 is 0.982 bits per heavy atom. The van der Waals surface area contributed by atoms with Crippen LogP contribution in [0.1, 0.15) is 121 Å². The van der Waals surface area contributed by atoms with Gasteiger partial charge in [0.05, 0.1) is 37.1 Å². The van der Waals surface area contributed by atoms with Crippen LogP contribution in [-0.2, 0) is 43.2 Å². The van der Waals surface area contributed by atoms with Crippen molar-refractivity contribution in [1.82, 2.24) is 31.6 Å². The quantitative estimate of drug-likeness (QED) is 0.0720. The average Bonchev–Trinajstić information content (AvgIpc) is 3.35. The summed E-state index contributed by atoms with van der Waals surface area (Å²) in [5.74, 6) is -5.73. The van der Waals surface area contributed by atoms with Gasteiger partial charge in [0.2, 0.25) is 29.5 Å². The Labute approximate surface area is 325 Å². The lowest BCUT2D eigenvalue weighted by molar-refractivity contribution is -0.199. The zero-order valence-electron chi connectivity index (χ0n) is 34.4. The van der Waals surface area contributed by atoms with Gasteiger partial charge in [-0.3, -0.25) is 33.6 Å². The first-order valence-corrected chi connectivity index (χ1v) is 19.4. The first kappa shape index (κ1) is 48.9. The smallest absolute Gasteiger partial charge is 0.335 e. The fraction of sp³-hybridized carbons (Fsp3) is 0.789.